The molecule has 0 N–H and O–H groups in total. The molecule has 26 heavy (non-hydrogen) atoms. The highest BCUT2D eigenvalue weighted by Crippen LogP contribution is 2.21. The topological polar surface area (TPSA) is 28.7 Å². The number of piperazine rings is 1. The number of nitrogens with zero attached hydrogens (tertiary/aromatic N) is 5. The number of para-hydroxylation sites is 1. The Bertz CT molecular complexity index is 979. The van der Waals surface area contributed by atoms with Crippen molar-refractivity contribution in [3.63, 3.8) is 0 Å². The van der Waals surface area contributed by atoms with Gasteiger partial charge in [0.2, 0.25) is 4.77 Å². The van der Waals surface area contributed by atoms with Gasteiger partial charge in [-0.15, -0.1) is 0 Å². The number of aryl methyl sites for hydroxylation is 1. The summed E-state index contributed by atoms with van der Waals surface area (Å²) in [5.41, 5.74) is 3.31. The summed E-state index contributed by atoms with van der Waals surface area (Å²) in [5, 5.41) is 6.04. The zero-order valence-corrected chi connectivity index (χ0v) is 16.7. The van der Waals surface area contributed by atoms with E-state index in [-0.39, 0.29) is 0 Å². The van der Waals surface area contributed by atoms with E-state index in [4.69, 9.17) is 17.3 Å². The first kappa shape index (κ1) is 17.6. The molecule has 0 aliphatic carbocycles. The lowest BCUT2D eigenvalue weighted by Crippen LogP contribution is -2.47. The molecule has 0 amide bonds. The number of aromatic nitrogens is 3. The predicted octanol–water partition coefficient (Wildman–Crippen LogP) is 3.56. The average Bonchev–Trinajstić information content (AvgIpc) is 2.92. The fourth-order valence-electron chi connectivity index (χ4n) is 3.93. The highest BCUT2D eigenvalue weighted by atomic mass is 32.1. The first-order valence-electron chi connectivity index (χ1n) is 9.45. The number of hydrogen-bond acceptors (Lipinski definition) is 4. The van der Waals surface area contributed by atoms with Crippen LogP contribution in [0.2, 0.25) is 0 Å². The Labute approximate surface area is 159 Å². The van der Waals surface area contributed by atoms with Crippen molar-refractivity contribution in [3.05, 3.63) is 40.7 Å². The van der Waals surface area contributed by atoms with Crippen molar-refractivity contribution in [3.8, 4) is 0 Å². The highest BCUT2D eigenvalue weighted by molar-refractivity contribution is 7.71. The van der Waals surface area contributed by atoms with Crippen LogP contribution in [0.4, 0.5) is 0 Å². The van der Waals surface area contributed by atoms with Crippen molar-refractivity contribution in [2.45, 2.75) is 27.4 Å². The normalized spacial score (nSPS) is 16.9. The molecule has 0 bridgehead atoms. The number of benzene rings is 1. The third-order valence-corrected chi connectivity index (χ3v) is 5.60. The van der Waals surface area contributed by atoms with E-state index in [1.165, 1.54) is 17.5 Å². The van der Waals surface area contributed by atoms with E-state index in [0.717, 1.165) is 54.7 Å². The number of pyridine rings is 1. The summed E-state index contributed by atoms with van der Waals surface area (Å²) in [7, 11) is 0. The van der Waals surface area contributed by atoms with Gasteiger partial charge in [0.25, 0.3) is 0 Å². The van der Waals surface area contributed by atoms with Gasteiger partial charge < -0.3 is 4.90 Å². The lowest BCUT2D eigenvalue weighted by molar-refractivity contribution is 0.0952. The molecule has 0 spiro atoms. The summed E-state index contributed by atoms with van der Waals surface area (Å²) >= 11 is 5.77. The van der Waals surface area contributed by atoms with Crippen LogP contribution in [0.25, 0.3) is 16.6 Å². The van der Waals surface area contributed by atoms with Gasteiger partial charge in [-0.3, -0.25) is 9.30 Å². The second-order valence-electron chi connectivity index (χ2n) is 7.77. The zero-order chi connectivity index (χ0) is 18.3. The lowest BCUT2D eigenvalue weighted by atomic mass is 10.1. The van der Waals surface area contributed by atoms with Gasteiger partial charge >= 0.3 is 0 Å². The van der Waals surface area contributed by atoms with Gasteiger partial charge in [-0.2, -0.15) is 5.10 Å². The van der Waals surface area contributed by atoms with Gasteiger partial charge in [0.15, 0.2) is 5.65 Å². The van der Waals surface area contributed by atoms with Gasteiger partial charge in [0.1, 0.15) is 0 Å². The monoisotopic (exact) mass is 369 g/mol. The molecule has 1 saturated heterocycles. The molecular formula is C20H27N5S. The van der Waals surface area contributed by atoms with Crippen LogP contribution < -0.4 is 0 Å². The Hall–Kier alpha value is -1.76. The minimum Gasteiger partial charge on any atom is -0.301 e. The molecule has 1 fully saturated rings. The number of rotatable bonds is 4. The molecule has 1 aliphatic rings. The van der Waals surface area contributed by atoms with Crippen LogP contribution in [-0.2, 0) is 6.67 Å². The molecule has 0 atom stereocenters. The van der Waals surface area contributed by atoms with Gasteiger partial charge in [-0.25, -0.2) is 4.68 Å². The Morgan fingerprint density at radius 1 is 1.08 bits per heavy atom. The summed E-state index contributed by atoms with van der Waals surface area (Å²) < 4.78 is 4.86. The minimum absolute atomic E-state index is 0.727. The van der Waals surface area contributed by atoms with Crippen LogP contribution in [0.5, 0.6) is 0 Å². The second-order valence-corrected chi connectivity index (χ2v) is 8.14. The number of hydrogen-bond donors (Lipinski definition) is 0. The average molecular weight is 370 g/mol. The minimum atomic E-state index is 0.727. The van der Waals surface area contributed by atoms with Gasteiger partial charge in [-0.1, -0.05) is 32.0 Å². The summed E-state index contributed by atoms with van der Waals surface area (Å²) in [6.07, 6.45) is 0. The largest absolute Gasteiger partial charge is 0.301 e. The molecule has 3 aromatic rings. The molecule has 6 heteroatoms. The van der Waals surface area contributed by atoms with E-state index in [2.05, 4.69) is 65.3 Å². The third kappa shape index (κ3) is 3.29. The third-order valence-electron chi connectivity index (χ3n) is 5.20. The maximum atomic E-state index is 5.77. The highest BCUT2D eigenvalue weighted by Gasteiger charge is 2.19. The molecular weight excluding hydrogens is 342 g/mol. The Morgan fingerprint density at radius 3 is 2.50 bits per heavy atom. The van der Waals surface area contributed by atoms with Gasteiger partial charge in [0, 0.05) is 38.1 Å². The quantitative estimate of drug-likeness (QED) is 0.658. The molecule has 138 valence electrons. The van der Waals surface area contributed by atoms with Crippen molar-refractivity contribution in [1.29, 1.82) is 0 Å². The fraction of sp³-hybridized carbons (Fsp3) is 0.500. The molecule has 4 rings (SSSR count). The Kier molecular flexibility index (Phi) is 4.82. The van der Waals surface area contributed by atoms with Crippen molar-refractivity contribution in [2.24, 2.45) is 5.92 Å². The van der Waals surface area contributed by atoms with E-state index >= 15 is 0 Å². The predicted molar refractivity (Wildman–Crippen MR) is 109 cm³/mol. The fourth-order valence-corrected chi connectivity index (χ4v) is 4.22. The second kappa shape index (κ2) is 7.10. The molecule has 1 aromatic carbocycles. The smallest absolute Gasteiger partial charge is 0.204 e. The number of fused-ring (bicyclic) bond motifs is 3. The molecule has 0 saturated carbocycles. The van der Waals surface area contributed by atoms with Crippen LogP contribution in [0.1, 0.15) is 19.4 Å². The van der Waals surface area contributed by atoms with Crippen LogP contribution in [0.15, 0.2) is 30.3 Å². The maximum absolute atomic E-state index is 5.77. The molecule has 2 aromatic heterocycles. The maximum Gasteiger partial charge on any atom is 0.204 e. The van der Waals surface area contributed by atoms with E-state index in [9.17, 15) is 0 Å². The van der Waals surface area contributed by atoms with Crippen LogP contribution >= 0.6 is 12.2 Å². The van der Waals surface area contributed by atoms with Crippen molar-refractivity contribution in [2.75, 3.05) is 32.7 Å². The Balaban J connectivity index is 1.60. The van der Waals surface area contributed by atoms with Gasteiger partial charge in [-0.05, 0) is 42.8 Å². The zero-order valence-electron chi connectivity index (χ0n) is 15.9. The summed E-state index contributed by atoms with van der Waals surface area (Å²) in [4.78, 5) is 5.01. The molecule has 0 radical (unpaired) electrons. The van der Waals surface area contributed by atoms with Crippen LogP contribution in [-0.4, -0.2) is 56.7 Å². The Morgan fingerprint density at radius 2 is 1.77 bits per heavy atom. The lowest BCUT2D eigenvalue weighted by Gasteiger charge is -2.35. The van der Waals surface area contributed by atoms with E-state index in [0.29, 0.717) is 0 Å². The van der Waals surface area contributed by atoms with Crippen LogP contribution in [0.3, 0.4) is 0 Å². The molecule has 0 unspecified atom stereocenters. The molecule has 5 nitrogen and oxygen atoms in total. The first-order chi connectivity index (χ1) is 12.5. The van der Waals surface area contributed by atoms with Crippen molar-refractivity contribution >= 4 is 28.8 Å². The van der Waals surface area contributed by atoms with Crippen molar-refractivity contribution in [1.82, 2.24) is 24.0 Å². The van der Waals surface area contributed by atoms with E-state index in [1.807, 2.05) is 4.68 Å². The first-order valence-corrected chi connectivity index (χ1v) is 9.86. The summed E-state index contributed by atoms with van der Waals surface area (Å²) in [5.74, 6) is 0.727. The van der Waals surface area contributed by atoms with Crippen molar-refractivity contribution < 1.29 is 0 Å². The van der Waals surface area contributed by atoms with Gasteiger partial charge in [0.05, 0.1) is 12.2 Å². The summed E-state index contributed by atoms with van der Waals surface area (Å²) in [6, 6.07) is 10.5. The van der Waals surface area contributed by atoms with E-state index < -0.39 is 0 Å². The molecule has 3 heterocycles. The SMILES string of the molecule is Cc1cc2nn(CN3CCN(CC(C)C)CC3)c(=S)n2c2ccccc12. The molecule has 1 aliphatic heterocycles. The standard InChI is InChI=1S/C20H27N5S/c1-15(2)13-22-8-10-23(11-9-22)14-24-20(26)25-18-7-5-4-6-17(18)16(3)12-19(25)21-24/h4-7,12,15H,8-11,13-14H2,1-3H3. The van der Waals surface area contributed by atoms with Crippen LogP contribution in [0, 0.1) is 17.6 Å². The summed E-state index contributed by atoms with van der Waals surface area (Å²) in [6.45, 7) is 13.1. The van der Waals surface area contributed by atoms with E-state index in [1.54, 1.807) is 0 Å².